The molecule has 2 N–H and O–H groups in total. The third-order valence-corrected chi connectivity index (χ3v) is 6.36. The molecule has 0 bridgehead atoms. The van der Waals surface area contributed by atoms with Crippen molar-refractivity contribution in [3.8, 4) is 5.75 Å². The van der Waals surface area contributed by atoms with Gasteiger partial charge in [0, 0.05) is 25.2 Å². The van der Waals surface area contributed by atoms with Crippen LogP contribution in [0.5, 0.6) is 5.75 Å². The molecule has 2 rings (SSSR count). The molecule has 166 valence electrons. The normalized spacial score (nSPS) is 11.5. The minimum Gasteiger partial charge on any atom is -0.497 e. The van der Waals surface area contributed by atoms with E-state index in [-0.39, 0.29) is 35.5 Å². The predicted octanol–water partition coefficient (Wildman–Crippen LogP) is 3.68. The fourth-order valence-corrected chi connectivity index (χ4v) is 4.49. The van der Waals surface area contributed by atoms with Gasteiger partial charge in [-0.25, -0.2) is 8.42 Å². The summed E-state index contributed by atoms with van der Waals surface area (Å²) in [5.41, 5.74) is 1.83. The monoisotopic (exact) mass is 565 g/mol. The zero-order valence-electron chi connectivity index (χ0n) is 17.2. The standard InChI is InChI=1S/C21H28ClN3O3S.HI/c1-23-21(25-13-11-18-9-10-19(28-2)15-20(18)22)24-12-6-14-29(26,27)16-17-7-4-3-5-8-17;/h3-5,7-10,15H,6,11-14,16H2,1-2H3,(H2,23,24,25);1H. The lowest BCUT2D eigenvalue weighted by Crippen LogP contribution is -2.39. The lowest BCUT2D eigenvalue weighted by molar-refractivity contribution is 0.414. The highest BCUT2D eigenvalue weighted by Gasteiger charge is 2.11. The van der Waals surface area contributed by atoms with Gasteiger partial charge >= 0.3 is 0 Å². The van der Waals surface area contributed by atoms with Gasteiger partial charge in [-0.1, -0.05) is 48.0 Å². The van der Waals surface area contributed by atoms with Crippen molar-refractivity contribution in [2.45, 2.75) is 18.6 Å². The minimum atomic E-state index is -3.13. The van der Waals surface area contributed by atoms with Crippen molar-refractivity contribution in [3.05, 3.63) is 64.7 Å². The molecule has 0 heterocycles. The number of hydrogen-bond acceptors (Lipinski definition) is 4. The maximum absolute atomic E-state index is 12.2. The zero-order chi connectivity index (χ0) is 21.1. The molecule has 0 aromatic heterocycles. The molecule has 2 aromatic carbocycles. The van der Waals surface area contributed by atoms with E-state index in [4.69, 9.17) is 16.3 Å². The molecule has 0 radical (unpaired) electrons. The van der Waals surface area contributed by atoms with E-state index < -0.39 is 9.84 Å². The van der Waals surface area contributed by atoms with Crippen LogP contribution in [0.4, 0.5) is 0 Å². The molecule has 0 aliphatic rings. The van der Waals surface area contributed by atoms with E-state index in [2.05, 4.69) is 15.6 Å². The largest absolute Gasteiger partial charge is 0.497 e. The van der Waals surface area contributed by atoms with Gasteiger partial charge in [0.15, 0.2) is 15.8 Å². The molecule has 0 saturated carbocycles. The molecule has 9 heteroatoms. The fourth-order valence-electron chi connectivity index (χ4n) is 2.79. The highest BCUT2D eigenvalue weighted by Crippen LogP contribution is 2.22. The van der Waals surface area contributed by atoms with Crippen LogP contribution in [0.3, 0.4) is 0 Å². The summed E-state index contributed by atoms with van der Waals surface area (Å²) >= 11 is 6.25. The average Bonchev–Trinajstić information content (AvgIpc) is 2.71. The number of rotatable bonds is 10. The van der Waals surface area contributed by atoms with E-state index in [9.17, 15) is 8.42 Å². The molecule has 0 amide bonds. The maximum atomic E-state index is 12.2. The van der Waals surface area contributed by atoms with Crippen LogP contribution in [0, 0.1) is 0 Å². The summed E-state index contributed by atoms with van der Waals surface area (Å²) in [6.07, 6.45) is 1.25. The molecular weight excluding hydrogens is 537 g/mol. The molecular formula is C21H29ClIN3O3S. The highest BCUT2D eigenvalue weighted by molar-refractivity contribution is 14.0. The van der Waals surface area contributed by atoms with Crippen molar-refractivity contribution in [2.75, 3.05) is 33.0 Å². The van der Waals surface area contributed by atoms with E-state index in [0.717, 1.165) is 23.3 Å². The lowest BCUT2D eigenvalue weighted by Gasteiger charge is -2.13. The van der Waals surface area contributed by atoms with Crippen LogP contribution in [0.1, 0.15) is 17.5 Å². The van der Waals surface area contributed by atoms with Crippen molar-refractivity contribution < 1.29 is 13.2 Å². The Hall–Kier alpha value is -1.52. The van der Waals surface area contributed by atoms with E-state index in [1.54, 1.807) is 20.2 Å². The van der Waals surface area contributed by atoms with Crippen LogP contribution in [0.25, 0.3) is 0 Å². The number of methoxy groups -OCH3 is 1. The first-order valence-corrected chi connectivity index (χ1v) is 11.6. The first-order valence-electron chi connectivity index (χ1n) is 9.45. The summed E-state index contributed by atoms with van der Waals surface area (Å²) in [6, 6.07) is 14.8. The third-order valence-electron chi connectivity index (χ3n) is 4.32. The molecule has 6 nitrogen and oxygen atoms in total. The average molecular weight is 566 g/mol. The summed E-state index contributed by atoms with van der Waals surface area (Å²) in [7, 11) is 0.161. The number of nitrogens with one attached hydrogen (secondary N) is 2. The predicted molar refractivity (Wildman–Crippen MR) is 135 cm³/mol. The summed E-state index contributed by atoms with van der Waals surface area (Å²) in [4.78, 5) is 4.16. The van der Waals surface area contributed by atoms with Gasteiger partial charge in [-0.2, -0.15) is 0 Å². The molecule has 0 fully saturated rings. The smallest absolute Gasteiger partial charge is 0.190 e. The summed E-state index contributed by atoms with van der Waals surface area (Å²) in [6.45, 7) is 1.18. The molecule has 0 saturated heterocycles. The van der Waals surface area contributed by atoms with Gasteiger partial charge < -0.3 is 15.4 Å². The third kappa shape index (κ3) is 9.53. The van der Waals surface area contributed by atoms with Gasteiger partial charge in [-0.3, -0.25) is 4.99 Å². The summed E-state index contributed by atoms with van der Waals surface area (Å²) in [5.74, 6) is 1.57. The number of benzene rings is 2. The number of guanidine groups is 1. The minimum absolute atomic E-state index is 0. The Morgan fingerprint density at radius 1 is 1.10 bits per heavy atom. The highest BCUT2D eigenvalue weighted by atomic mass is 127. The van der Waals surface area contributed by atoms with Gasteiger partial charge in [-0.15, -0.1) is 24.0 Å². The van der Waals surface area contributed by atoms with Crippen molar-refractivity contribution in [1.82, 2.24) is 10.6 Å². The van der Waals surface area contributed by atoms with Crippen LogP contribution in [0.2, 0.25) is 5.02 Å². The Kier molecular flexibility index (Phi) is 12.1. The quantitative estimate of drug-likeness (QED) is 0.199. The number of hydrogen-bond donors (Lipinski definition) is 2. The topological polar surface area (TPSA) is 79.8 Å². The molecule has 0 atom stereocenters. The number of halogens is 2. The zero-order valence-corrected chi connectivity index (χ0v) is 21.1. The Balaban J connectivity index is 0.00000450. The van der Waals surface area contributed by atoms with Gasteiger partial charge in [0.1, 0.15) is 5.75 Å². The van der Waals surface area contributed by atoms with Crippen LogP contribution in [0.15, 0.2) is 53.5 Å². The molecule has 0 unspecified atom stereocenters. The van der Waals surface area contributed by atoms with Gasteiger partial charge in [0.05, 0.1) is 18.6 Å². The van der Waals surface area contributed by atoms with Gasteiger partial charge in [0.2, 0.25) is 0 Å². The number of aliphatic imine (C=N–C) groups is 1. The first-order chi connectivity index (χ1) is 13.9. The van der Waals surface area contributed by atoms with E-state index in [0.29, 0.717) is 30.5 Å². The number of nitrogens with zero attached hydrogens (tertiary/aromatic N) is 1. The molecule has 2 aromatic rings. The Morgan fingerprint density at radius 2 is 1.80 bits per heavy atom. The van der Waals surface area contributed by atoms with Crippen LogP contribution < -0.4 is 15.4 Å². The second kappa shape index (κ2) is 13.7. The van der Waals surface area contributed by atoms with E-state index in [1.807, 2.05) is 42.5 Å². The Labute approximate surface area is 201 Å². The second-order valence-corrected chi connectivity index (χ2v) is 9.16. The van der Waals surface area contributed by atoms with Crippen LogP contribution >= 0.6 is 35.6 Å². The van der Waals surface area contributed by atoms with Gasteiger partial charge in [-0.05, 0) is 36.1 Å². The van der Waals surface area contributed by atoms with E-state index in [1.165, 1.54) is 0 Å². The van der Waals surface area contributed by atoms with Crippen LogP contribution in [-0.2, 0) is 22.0 Å². The van der Waals surface area contributed by atoms with Crippen molar-refractivity contribution in [3.63, 3.8) is 0 Å². The number of sulfone groups is 1. The van der Waals surface area contributed by atoms with E-state index >= 15 is 0 Å². The van der Waals surface area contributed by atoms with Gasteiger partial charge in [0.25, 0.3) is 0 Å². The lowest BCUT2D eigenvalue weighted by atomic mass is 10.1. The molecule has 0 aliphatic heterocycles. The molecule has 0 spiro atoms. The number of ether oxygens (including phenoxy) is 1. The van der Waals surface area contributed by atoms with Crippen molar-refractivity contribution in [1.29, 1.82) is 0 Å². The SMILES string of the molecule is CN=C(NCCCS(=O)(=O)Cc1ccccc1)NCCc1ccc(OC)cc1Cl.I. The first kappa shape index (κ1) is 26.5. The van der Waals surface area contributed by atoms with Crippen LogP contribution in [-0.4, -0.2) is 47.4 Å². The summed E-state index contributed by atoms with van der Waals surface area (Å²) in [5, 5.41) is 7.02. The fraction of sp³-hybridized carbons (Fsp3) is 0.381. The second-order valence-electron chi connectivity index (χ2n) is 6.56. The van der Waals surface area contributed by atoms with Crippen molar-refractivity contribution >= 4 is 51.4 Å². The molecule has 0 aliphatic carbocycles. The molecule has 30 heavy (non-hydrogen) atoms. The Bertz CT molecular complexity index is 909. The van der Waals surface area contributed by atoms with Crippen molar-refractivity contribution in [2.24, 2.45) is 4.99 Å². The Morgan fingerprint density at radius 3 is 2.43 bits per heavy atom. The maximum Gasteiger partial charge on any atom is 0.190 e. The summed E-state index contributed by atoms with van der Waals surface area (Å²) < 4.78 is 29.6.